The average Bonchev–Trinajstić information content (AvgIpc) is 3.06. The summed E-state index contributed by atoms with van der Waals surface area (Å²) in [5.74, 6) is -2.26. The van der Waals surface area contributed by atoms with E-state index in [9.17, 15) is 9.59 Å². The Labute approximate surface area is 109 Å². The van der Waals surface area contributed by atoms with Crippen LogP contribution in [0.4, 0.5) is 0 Å². The second-order valence-corrected chi connectivity index (χ2v) is 5.55. The van der Waals surface area contributed by atoms with Crippen molar-refractivity contribution in [3.63, 3.8) is 0 Å². The predicted octanol–water partition coefficient (Wildman–Crippen LogP) is 0.159. The molecule has 0 aromatic heterocycles. The molecule has 0 N–H and O–H groups in total. The molecule has 19 heavy (non-hydrogen) atoms. The van der Waals surface area contributed by atoms with Gasteiger partial charge in [-0.2, -0.15) is 0 Å². The molecular weight excluding hydrogens is 252 g/mol. The highest BCUT2D eigenvalue weighted by Crippen LogP contribution is 2.54. The van der Waals surface area contributed by atoms with Gasteiger partial charge in [0.1, 0.15) is 11.8 Å². The van der Waals surface area contributed by atoms with E-state index in [0.29, 0.717) is 0 Å². The fourth-order valence-corrected chi connectivity index (χ4v) is 3.37. The van der Waals surface area contributed by atoms with Crippen LogP contribution in [0.15, 0.2) is 12.2 Å². The second kappa shape index (κ2) is 3.45. The largest absolute Gasteiger partial charge is 0.393 e. The van der Waals surface area contributed by atoms with E-state index < -0.39 is 41.8 Å². The third-order valence-electron chi connectivity index (χ3n) is 4.52. The van der Waals surface area contributed by atoms with Crippen LogP contribution in [-0.2, 0) is 28.5 Å². The van der Waals surface area contributed by atoms with Crippen LogP contribution in [0, 0.1) is 11.8 Å². The van der Waals surface area contributed by atoms with Crippen molar-refractivity contribution in [2.24, 2.45) is 11.8 Å². The number of carbonyl (C=O) groups excluding carboxylic acids is 2. The summed E-state index contributed by atoms with van der Waals surface area (Å²) < 4.78 is 22.1. The van der Waals surface area contributed by atoms with Gasteiger partial charge >= 0.3 is 11.9 Å². The summed E-state index contributed by atoms with van der Waals surface area (Å²) in [4.78, 5) is 23.6. The van der Waals surface area contributed by atoms with Gasteiger partial charge in [0, 0.05) is 0 Å². The van der Waals surface area contributed by atoms with Crippen molar-refractivity contribution in [3.8, 4) is 0 Å². The summed E-state index contributed by atoms with van der Waals surface area (Å²) in [6.45, 7) is 3.81. The smallest absolute Gasteiger partial charge is 0.321 e. The molecule has 0 aromatic rings. The van der Waals surface area contributed by atoms with Crippen molar-refractivity contribution >= 4 is 11.9 Å². The first-order valence-corrected chi connectivity index (χ1v) is 6.46. The molecule has 6 heteroatoms. The minimum absolute atomic E-state index is 0.0809. The number of carbonyl (C=O) groups is 2. The van der Waals surface area contributed by atoms with E-state index >= 15 is 0 Å². The van der Waals surface area contributed by atoms with E-state index in [1.54, 1.807) is 12.2 Å². The molecule has 0 saturated carbocycles. The van der Waals surface area contributed by atoms with Crippen LogP contribution in [0.1, 0.15) is 13.8 Å². The van der Waals surface area contributed by atoms with Gasteiger partial charge in [-0.3, -0.25) is 9.59 Å². The molecule has 0 unspecified atom stereocenters. The van der Waals surface area contributed by atoms with Crippen molar-refractivity contribution < 1.29 is 28.5 Å². The topological polar surface area (TPSA) is 71.1 Å². The molecule has 0 aliphatic carbocycles. The molecule has 3 saturated heterocycles. The molecule has 0 amide bonds. The lowest BCUT2D eigenvalue weighted by atomic mass is 9.76. The van der Waals surface area contributed by atoms with Crippen molar-refractivity contribution in [2.45, 2.75) is 44.1 Å². The molecule has 4 rings (SSSR count). The summed E-state index contributed by atoms with van der Waals surface area (Å²) in [5.41, 5.74) is -1.02. The molecule has 4 heterocycles. The normalized spacial score (nSPS) is 52.0. The molecule has 4 aliphatic rings. The lowest BCUT2D eigenvalue weighted by molar-refractivity contribution is -0.195. The molecule has 2 bridgehead atoms. The summed E-state index contributed by atoms with van der Waals surface area (Å²) in [6.07, 6.45) is 2.33. The van der Waals surface area contributed by atoms with Gasteiger partial charge in [-0.1, -0.05) is 6.08 Å². The molecule has 0 radical (unpaired) electrons. The summed E-state index contributed by atoms with van der Waals surface area (Å²) >= 11 is 0. The van der Waals surface area contributed by atoms with E-state index in [0.717, 1.165) is 0 Å². The first-order valence-electron chi connectivity index (χ1n) is 6.46. The van der Waals surface area contributed by atoms with Crippen LogP contribution in [-0.4, -0.2) is 42.1 Å². The summed E-state index contributed by atoms with van der Waals surface area (Å²) in [6, 6.07) is 0. The number of rotatable bonds is 1. The molecule has 6 atom stereocenters. The van der Waals surface area contributed by atoms with Crippen molar-refractivity contribution in [1.29, 1.82) is 0 Å². The van der Waals surface area contributed by atoms with Crippen LogP contribution in [0.25, 0.3) is 0 Å². The average molecular weight is 266 g/mol. The SMILES string of the molecule is C[C@@H]1OC([C@@]23C=C[C@@H](O2)[C@H]2C(=O)OC(=O)[C@H]23)O[C@H]1C. The number of cyclic esters (lactones) is 2. The number of hydrogen-bond acceptors (Lipinski definition) is 6. The molecular formula is C13H14O6. The quantitative estimate of drug-likeness (QED) is 0.382. The molecule has 0 aromatic carbocycles. The maximum Gasteiger partial charge on any atom is 0.321 e. The van der Waals surface area contributed by atoms with E-state index in [1.165, 1.54) is 0 Å². The molecule has 6 nitrogen and oxygen atoms in total. The maximum atomic E-state index is 11.9. The minimum Gasteiger partial charge on any atom is -0.393 e. The van der Waals surface area contributed by atoms with Crippen LogP contribution < -0.4 is 0 Å². The first kappa shape index (κ1) is 11.6. The van der Waals surface area contributed by atoms with Gasteiger partial charge in [0.25, 0.3) is 0 Å². The van der Waals surface area contributed by atoms with Crippen LogP contribution in [0.5, 0.6) is 0 Å². The molecule has 4 aliphatic heterocycles. The fourth-order valence-electron chi connectivity index (χ4n) is 3.37. The van der Waals surface area contributed by atoms with Crippen LogP contribution in [0.2, 0.25) is 0 Å². The Kier molecular flexibility index (Phi) is 2.10. The van der Waals surface area contributed by atoms with Gasteiger partial charge in [0.15, 0.2) is 11.9 Å². The third-order valence-corrected chi connectivity index (χ3v) is 4.52. The number of ether oxygens (including phenoxy) is 4. The zero-order valence-corrected chi connectivity index (χ0v) is 10.6. The van der Waals surface area contributed by atoms with E-state index in [-0.39, 0.29) is 12.2 Å². The second-order valence-electron chi connectivity index (χ2n) is 5.55. The van der Waals surface area contributed by atoms with Gasteiger partial charge in [-0.15, -0.1) is 0 Å². The zero-order chi connectivity index (χ0) is 13.4. The minimum atomic E-state index is -1.02. The molecule has 0 spiro atoms. The van der Waals surface area contributed by atoms with Gasteiger partial charge in [0.2, 0.25) is 0 Å². The highest BCUT2D eigenvalue weighted by atomic mass is 16.8. The van der Waals surface area contributed by atoms with E-state index in [4.69, 9.17) is 18.9 Å². The van der Waals surface area contributed by atoms with Crippen LogP contribution in [0.3, 0.4) is 0 Å². The lowest BCUT2D eigenvalue weighted by Crippen LogP contribution is -2.48. The Balaban J connectivity index is 1.73. The fraction of sp³-hybridized carbons (Fsp3) is 0.692. The van der Waals surface area contributed by atoms with E-state index in [1.807, 2.05) is 13.8 Å². The highest BCUT2D eigenvalue weighted by Gasteiger charge is 2.71. The first-order chi connectivity index (χ1) is 9.03. The van der Waals surface area contributed by atoms with Gasteiger partial charge in [-0.25, -0.2) is 0 Å². The molecule has 102 valence electrons. The third kappa shape index (κ3) is 1.26. The number of fused-ring (bicyclic) bond motifs is 5. The van der Waals surface area contributed by atoms with Crippen molar-refractivity contribution in [1.82, 2.24) is 0 Å². The maximum absolute atomic E-state index is 11.9. The molecule has 3 fully saturated rings. The standard InChI is InChI=1S/C13H14O6/c1-5-6(2)17-12(16-5)13-4-3-7(19-13)8-9(13)11(15)18-10(8)14/h3-9,12H,1-2H3/t5-,6-,7+,8+,9-,13-/m0/s1. The Morgan fingerprint density at radius 3 is 2.47 bits per heavy atom. The van der Waals surface area contributed by atoms with Crippen molar-refractivity contribution in [2.75, 3.05) is 0 Å². The predicted molar refractivity (Wildman–Crippen MR) is 59.7 cm³/mol. The van der Waals surface area contributed by atoms with Crippen molar-refractivity contribution in [3.05, 3.63) is 12.2 Å². The van der Waals surface area contributed by atoms with Gasteiger partial charge in [0.05, 0.1) is 18.3 Å². The number of esters is 2. The Morgan fingerprint density at radius 1 is 1.11 bits per heavy atom. The van der Waals surface area contributed by atoms with Gasteiger partial charge in [-0.05, 0) is 19.9 Å². The van der Waals surface area contributed by atoms with Crippen LogP contribution >= 0.6 is 0 Å². The highest BCUT2D eigenvalue weighted by molar-refractivity contribution is 5.99. The summed E-state index contributed by atoms with van der Waals surface area (Å²) in [5, 5.41) is 0. The Morgan fingerprint density at radius 2 is 1.79 bits per heavy atom. The zero-order valence-electron chi connectivity index (χ0n) is 10.6. The lowest BCUT2D eigenvalue weighted by Gasteiger charge is -2.31. The number of hydrogen-bond donors (Lipinski definition) is 0. The summed E-state index contributed by atoms with van der Waals surface area (Å²) in [7, 11) is 0. The Bertz CT molecular complexity index is 489. The van der Waals surface area contributed by atoms with E-state index in [2.05, 4.69) is 0 Å². The van der Waals surface area contributed by atoms with Gasteiger partial charge < -0.3 is 18.9 Å². The Hall–Kier alpha value is -1.24. The monoisotopic (exact) mass is 266 g/mol.